The average Bonchev–Trinajstić information content (AvgIpc) is 2.95. The summed E-state index contributed by atoms with van der Waals surface area (Å²) in [6.07, 6.45) is 4.90. The van der Waals surface area contributed by atoms with E-state index in [1.54, 1.807) is 0 Å². The standard InChI is InChI=1S/C18H26ClN5/c1-4-20-18(21-9-6-10-24-13-15(2)12-22-24)23(3)14-16-7-5-8-17(19)11-16/h5,7-8,11-13H,4,6,9-10,14H2,1-3H3,(H,20,21). The zero-order chi connectivity index (χ0) is 17.4. The van der Waals surface area contributed by atoms with Crippen LogP contribution in [-0.2, 0) is 13.1 Å². The summed E-state index contributed by atoms with van der Waals surface area (Å²) in [5.41, 5.74) is 2.36. The van der Waals surface area contributed by atoms with Crippen molar-refractivity contribution < 1.29 is 0 Å². The van der Waals surface area contributed by atoms with Crippen molar-refractivity contribution in [2.24, 2.45) is 4.99 Å². The van der Waals surface area contributed by atoms with E-state index in [4.69, 9.17) is 16.6 Å². The van der Waals surface area contributed by atoms with Crippen LogP contribution < -0.4 is 5.32 Å². The van der Waals surface area contributed by atoms with Crippen LogP contribution >= 0.6 is 11.6 Å². The van der Waals surface area contributed by atoms with Crippen LogP contribution in [0.2, 0.25) is 5.02 Å². The van der Waals surface area contributed by atoms with E-state index in [2.05, 4.69) is 41.4 Å². The number of aromatic nitrogens is 2. The third-order valence-corrected chi connectivity index (χ3v) is 3.81. The fourth-order valence-electron chi connectivity index (χ4n) is 2.46. The number of rotatable bonds is 7. The largest absolute Gasteiger partial charge is 0.357 e. The first kappa shape index (κ1) is 18.3. The minimum Gasteiger partial charge on any atom is -0.357 e. The van der Waals surface area contributed by atoms with Gasteiger partial charge < -0.3 is 10.2 Å². The smallest absolute Gasteiger partial charge is 0.193 e. The van der Waals surface area contributed by atoms with Gasteiger partial charge in [0.15, 0.2) is 5.96 Å². The molecule has 2 rings (SSSR count). The second-order valence-electron chi connectivity index (χ2n) is 5.86. The van der Waals surface area contributed by atoms with Gasteiger partial charge in [0.25, 0.3) is 0 Å². The molecule has 0 bridgehead atoms. The van der Waals surface area contributed by atoms with Gasteiger partial charge in [0.2, 0.25) is 0 Å². The molecule has 0 radical (unpaired) electrons. The SMILES string of the molecule is CCNC(=NCCCn1cc(C)cn1)N(C)Cc1cccc(Cl)c1. The zero-order valence-electron chi connectivity index (χ0n) is 14.7. The number of halogens is 1. The predicted octanol–water partition coefficient (Wildman–Crippen LogP) is 3.33. The summed E-state index contributed by atoms with van der Waals surface area (Å²) in [5, 5.41) is 8.40. The zero-order valence-corrected chi connectivity index (χ0v) is 15.4. The Hall–Kier alpha value is -2.01. The number of hydrogen-bond acceptors (Lipinski definition) is 2. The van der Waals surface area contributed by atoms with Crippen LogP contribution in [0.3, 0.4) is 0 Å². The Labute approximate surface area is 149 Å². The maximum atomic E-state index is 6.06. The van der Waals surface area contributed by atoms with Gasteiger partial charge in [0, 0.05) is 44.4 Å². The predicted molar refractivity (Wildman–Crippen MR) is 100 cm³/mol. The molecule has 1 aromatic heterocycles. The van der Waals surface area contributed by atoms with Gasteiger partial charge >= 0.3 is 0 Å². The van der Waals surface area contributed by atoms with Crippen LogP contribution in [0.15, 0.2) is 41.7 Å². The Bertz CT molecular complexity index is 665. The molecule has 6 heteroatoms. The average molecular weight is 348 g/mol. The Morgan fingerprint density at radius 1 is 1.42 bits per heavy atom. The summed E-state index contributed by atoms with van der Waals surface area (Å²) in [6, 6.07) is 7.93. The van der Waals surface area contributed by atoms with Crippen molar-refractivity contribution in [3.8, 4) is 0 Å². The maximum Gasteiger partial charge on any atom is 0.193 e. The molecule has 0 saturated carbocycles. The molecule has 1 heterocycles. The van der Waals surface area contributed by atoms with E-state index in [-0.39, 0.29) is 0 Å². The third kappa shape index (κ3) is 5.89. The van der Waals surface area contributed by atoms with Crippen LogP contribution in [0, 0.1) is 6.92 Å². The molecule has 1 N–H and O–H groups in total. The quantitative estimate of drug-likeness (QED) is 0.474. The van der Waals surface area contributed by atoms with Crippen molar-refractivity contribution >= 4 is 17.6 Å². The number of aryl methyl sites for hydroxylation is 2. The van der Waals surface area contributed by atoms with Gasteiger partial charge in [0.1, 0.15) is 0 Å². The van der Waals surface area contributed by atoms with Gasteiger partial charge in [-0.15, -0.1) is 0 Å². The monoisotopic (exact) mass is 347 g/mol. The number of nitrogens with one attached hydrogen (secondary N) is 1. The topological polar surface area (TPSA) is 45.5 Å². The first-order chi connectivity index (χ1) is 11.6. The van der Waals surface area contributed by atoms with Crippen LogP contribution in [0.25, 0.3) is 0 Å². The molecule has 0 aliphatic carbocycles. The molecular weight excluding hydrogens is 322 g/mol. The lowest BCUT2D eigenvalue weighted by Crippen LogP contribution is -2.38. The first-order valence-electron chi connectivity index (χ1n) is 8.31. The van der Waals surface area contributed by atoms with Crippen molar-refractivity contribution in [2.45, 2.75) is 33.4 Å². The van der Waals surface area contributed by atoms with Crippen molar-refractivity contribution in [2.75, 3.05) is 20.1 Å². The highest BCUT2D eigenvalue weighted by molar-refractivity contribution is 6.30. The lowest BCUT2D eigenvalue weighted by Gasteiger charge is -2.22. The van der Waals surface area contributed by atoms with Crippen molar-refractivity contribution in [1.82, 2.24) is 20.0 Å². The number of benzene rings is 1. The van der Waals surface area contributed by atoms with E-state index in [0.717, 1.165) is 43.6 Å². The van der Waals surface area contributed by atoms with Gasteiger partial charge in [-0.05, 0) is 43.5 Å². The van der Waals surface area contributed by atoms with E-state index in [1.165, 1.54) is 11.1 Å². The summed E-state index contributed by atoms with van der Waals surface area (Å²) >= 11 is 6.06. The van der Waals surface area contributed by atoms with Gasteiger partial charge in [0.05, 0.1) is 6.20 Å². The Morgan fingerprint density at radius 3 is 2.92 bits per heavy atom. The molecule has 5 nitrogen and oxygen atoms in total. The third-order valence-electron chi connectivity index (χ3n) is 3.57. The van der Waals surface area contributed by atoms with Gasteiger partial charge in [-0.1, -0.05) is 23.7 Å². The fraction of sp³-hybridized carbons (Fsp3) is 0.444. The van der Waals surface area contributed by atoms with Crippen LogP contribution in [0.1, 0.15) is 24.5 Å². The second-order valence-corrected chi connectivity index (χ2v) is 6.29. The van der Waals surface area contributed by atoms with E-state index in [9.17, 15) is 0 Å². The first-order valence-corrected chi connectivity index (χ1v) is 8.69. The molecule has 0 aliphatic heterocycles. The van der Waals surface area contributed by atoms with E-state index < -0.39 is 0 Å². The Morgan fingerprint density at radius 2 is 2.25 bits per heavy atom. The lowest BCUT2D eigenvalue weighted by atomic mass is 10.2. The highest BCUT2D eigenvalue weighted by Crippen LogP contribution is 2.12. The molecule has 2 aromatic rings. The van der Waals surface area contributed by atoms with E-state index >= 15 is 0 Å². The Kier molecular flexibility index (Phi) is 7.12. The fourth-order valence-corrected chi connectivity index (χ4v) is 2.67. The summed E-state index contributed by atoms with van der Waals surface area (Å²) < 4.78 is 1.97. The Balaban J connectivity index is 1.88. The molecule has 24 heavy (non-hydrogen) atoms. The van der Waals surface area contributed by atoms with Gasteiger partial charge in [-0.2, -0.15) is 5.10 Å². The highest BCUT2D eigenvalue weighted by atomic mass is 35.5. The molecule has 0 fully saturated rings. The number of aliphatic imine (C=N–C) groups is 1. The number of guanidine groups is 1. The summed E-state index contributed by atoms with van der Waals surface area (Å²) in [7, 11) is 2.04. The second kappa shape index (κ2) is 9.33. The van der Waals surface area contributed by atoms with Gasteiger partial charge in [-0.25, -0.2) is 0 Å². The molecule has 1 aromatic carbocycles. The molecular formula is C18H26ClN5. The van der Waals surface area contributed by atoms with Crippen molar-refractivity contribution in [1.29, 1.82) is 0 Å². The van der Waals surface area contributed by atoms with Crippen molar-refractivity contribution in [3.05, 3.63) is 52.8 Å². The summed E-state index contributed by atoms with van der Waals surface area (Å²) in [5.74, 6) is 0.911. The van der Waals surface area contributed by atoms with Crippen LogP contribution in [0.4, 0.5) is 0 Å². The van der Waals surface area contributed by atoms with Crippen molar-refractivity contribution in [3.63, 3.8) is 0 Å². The molecule has 0 amide bonds. The molecule has 0 aliphatic rings. The highest BCUT2D eigenvalue weighted by Gasteiger charge is 2.06. The van der Waals surface area contributed by atoms with Crippen LogP contribution in [0.5, 0.6) is 0 Å². The lowest BCUT2D eigenvalue weighted by molar-refractivity contribution is 0.475. The molecule has 0 saturated heterocycles. The molecule has 0 unspecified atom stereocenters. The molecule has 0 atom stereocenters. The normalized spacial score (nSPS) is 11.6. The maximum absolute atomic E-state index is 6.06. The summed E-state index contributed by atoms with van der Waals surface area (Å²) in [4.78, 5) is 6.83. The number of hydrogen-bond donors (Lipinski definition) is 1. The van der Waals surface area contributed by atoms with E-state index in [0.29, 0.717) is 0 Å². The van der Waals surface area contributed by atoms with Crippen LogP contribution in [-0.4, -0.2) is 40.8 Å². The minimum atomic E-state index is 0.761. The van der Waals surface area contributed by atoms with E-state index in [1.807, 2.05) is 36.1 Å². The minimum absolute atomic E-state index is 0.761. The summed E-state index contributed by atoms with van der Waals surface area (Å²) in [6.45, 7) is 7.39. The number of nitrogens with zero attached hydrogens (tertiary/aromatic N) is 4. The van der Waals surface area contributed by atoms with Gasteiger partial charge in [-0.3, -0.25) is 9.67 Å². The molecule has 130 valence electrons. The molecule has 0 spiro atoms.